The number of primary amides is 1. The second kappa shape index (κ2) is 5.47. The number of carbonyl (C=O) groups excluding carboxylic acids is 1. The van der Waals surface area contributed by atoms with Gasteiger partial charge in [-0.3, -0.25) is 4.79 Å². The highest BCUT2D eigenvalue weighted by atomic mass is 32.2. The van der Waals surface area contributed by atoms with Crippen LogP contribution in [0.25, 0.3) is 0 Å². The summed E-state index contributed by atoms with van der Waals surface area (Å²) in [6, 6.07) is 4.84. The van der Waals surface area contributed by atoms with Crippen LogP contribution in [0.15, 0.2) is 24.3 Å². The van der Waals surface area contributed by atoms with Crippen LogP contribution in [0.5, 0.6) is 5.75 Å². The molecule has 0 aliphatic heterocycles. The first-order valence-electron chi connectivity index (χ1n) is 5.00. The monoisotopic (exact) mass is 297 g/mol. The first-order chi connectivity index (χ1) is 8.62. The molecule has 0 saturated carbocycles. The van der Waals surface area contributed by atoms with Crippen molar-refractivity contribution in [2.24, 2.45) is 5.73 Å². The van der Waals surface area contributed by atoms with Gasteiger partial charge in [0.1, 0.15) is 5.75 Å². The Balaban J connectivity index is 2.75. The highest BCUT2D eigenvalue weighted by Crippen LogP contribution is 2.27. The van der Waals surface area contributed by atoms with Crippen LogP contribution in [0.4, 0.5) is 13.2 Å². The summed E-state index contributed by atoms with van der Waals surface area (Å²) in [5, 5.41) is 0. The van der Waals surface area contributed by atoms with Crippen molar-refractivity contribution in [3.8, 4) is 5.75 Å². The van der Waals surface area contributed by atoms with Crippen molar-refractivity contribution in [1.82, 2.24) is 0 Å². The number of carbonyl (C=O) groups is 1. The minimum absolute atomic E-state index is 0.0844. The fourth-order valence-corrected chi connectivity index (χ4v) is 1.61. The van der Waals surface area contributed by atoms with Crippen molar-refractivity contribution >= 4 is 16.0 Å². The Bertz CT molecular complexity index is 551. The zero-order valence-electron chi connectivity index (χ0n) is 9.48. The van der Waals surface area contributed by atoms with Crippen molar-refractivity contribution in [3.05, 3.63) is 29.8 Å². The maximum Gasteiger partial charge on any atom is 0.534 e. The molecule has 0 spiro atoms. The number of hydrogen-bond acceptors (Lipinski definition) is 4. The molecule has 2 N–H and O–H groups in total. The minimum Gasteiger partial charge on any atom is -0.376 e. The maximum absolute atomic E-state index is 12.0. The van der Waals surface area contributed by atoms with Gasteiger partial charge in [-0.2, -0.15) is 21.6 Å². The molecule has 0 saturated heterocycles. The first-order valence-corrected chi connectivity index (χ1v) is 6.40. The Morgan fingerprint density at radius 2 is 1.74 bits per heavy atom. The van der Waals surface area contributed by atoms with Gasteiger partial charge < -0.3 is 9.92 Å². The van der Waals surface area contributed by atoms with E-state index in [1.54, 1.807) is 0 Å². The summed E-state index contributed by atoms with van der Waals surface area (Å²) in [6.07, 6.45) is 0.392. The van der Waals surface area contributed by atoms with E-state index in [1.165, 1.54) is 12.1 Å². The van der Waals surface area contributed by atoms with Crippen molar-refractivity contribution in [3.63, 3.8) is 0 Å². The van der Waals surface area contributed by atoms with Crippen LogP contribution in [-0.4, -0.2) is 19.8 Å². The molecular weight excluding hydrogens is 287 g/mol. The number of alkyl halides is 3. The number of halogens is 3. The Morgan fingerprint density at radius 1 is 1.21 bits per heavy atom. The predicted octanol–water partition coefficient (Wildman–Crippen LogP) is 1.33. The summed E-state index contributed by atoms with van der Waals surface area (Å²) in [5.74, 6) is -0.972. The van der Waals surface area contributed by atoms with Gasteiger partial charge in [0.2, 0.25) is 5.91 Å². The molecule has 0 aliphatic carbocycles. The topological polar surface area (TPSA) is 86.5 Å². The summed E-state index contributed by atoms with van der Waals surface area (Å²) in [7, 11) is -5.66. The number of amides is 1. The van der Waals surface area contributed by atoms with E-state index in [1.807, 2.05) is 0 Å². The molecule has 0 aliphatic rings. The molecule has 0 unspecified atom stereocenters. The van der Waals surface area contributed by atoms with Crippen molar-refractivity contribution in [1.29, 1.82) is 0 Å². The lowest BCUT2D eigenvalue weighted by molar-refractivity contribution is -0.118. The third-order valence-corrected chi connectivity index (χ3v) is 3.05. The van der Waals surface area contributed by atoms with E-state index in [0.717, 1.165) is 12.1 Å². The summed E-state index contributed by atoms with van der Waals surface area (Å²) >= 11 is 0. The van der Waals surface area contributed by atoms with Gasteiger partial charge in [-0.25, -0.2) is 0 Å². The molecule has 19 heavy (non-hydrogen) atoms. The SMILES string of the molecule is NC(=O)CCc1ccc(OS(=O)(=O)C(F)(F)F)cc1. The van der Waals surface area contributed by atoms with E-state index in [4.69, 9.17) is 5.73 Å². The van der Waals surface area contributed by atoms with E-state index < -0.39 is 27.3 Å². The molecule has 1 rings (SSSR count). The molecule has 0 fully saturated rings. The molecule has 106 valence electrons. The van der Waals surface area contributed by atoms with Gasteiger partial charge in [0.15, 0.2) is 0 Å². The van der Waals surface area contributed by atoms with Gasteiger partial charge in [0.05, 0.1) is 0 Å². The lowest BCUT2D eigenvalue weighted by Crippen LogP contribution is -2.28. The fraction of sp³-hybridized carbons (Fsp3) is 0.300. The van der Waals surface area contributed by atoms with Crippen LogP contribution in [-0.2, 0) is 21.3 Å². The smallest absolute Gasteiger partial charge is 0.376 e. The molecule has 0 heterocycles. The number of hydrogen-bond donors (Lipinski definition) is 1. The summed E-state index contributed by atoms with van der Waals surface area (Å²) in [5.41, 5.74) is 0.0797. The van der Waals surface area contributed by atoms with Gasteiger partial charge in [-0.15, -0.1) is 0 Å². The third kappa shape index (κ3) is 4.43. The average Bonchev–Trinajstić information content (AvgIpc) is 2.26. The summed E-state index contributed by atoms with van der Waals surface area (Å²) in [6.45, 7) is 0. The highest BCUT2D eigenvalue weighted by molar-refractivity contribution is 7.87. The van der Waals surface area contributed by atoms with Crippen LogP contribution < -0.4 is 9.92 Å². The third-order valence-electron chi connectivity index (χ3n) is 2.07. The molecule has 1 aromatic rings. The second-order valence-electron chi connectivity index (χ2n) is 3.59. The second-order valence-corrected chi connectivity index (χ2v) is 5.13. The summed E-state index contributed by atoms with van der Waals surface area (Å²) < 4.78 is 61.5. The number of rotatable bonds is 5. The van der Waals surface area contributed by atoms with Crippen molar-refractivity contribution in [2.45, 2.75) is 18.3 Å². The zero-order chi connectivity index (χ0) is 14.7. The number of aryl methyl sites for hydroxylation is 1. The Labute approximate surface area is 107 Å². The molecule has 0 aromatic heterocycles. The Kier molecular flexibility index (Phi) is 4.40. The largest absolute Gasteiger partial charge is 0.534 e. The molecule has 0 atom stereocenters. The number of nitrogens with two attached hydrogens (primary N) is 1. The van der Waals surface area contributed by atoms with Crippen LogP contribution in [0.1, 0.15) is 12.0 Å². The van der Waals surface area contributed by atoms with Crippen LogP contribution in [0, 0.1) is 0 Å². The van der Waals surface area contributed by atoms with Crippen molar-refractivity contribution < 1.29 is 30.6 Å². The van der Waals surface area contributed by atoms with E-state index in [-0.39, 0.29) is 6.42 Å². The lowest BCUT2D eigenvalue weighted by Gasteiger charge is -2.09. The predicted molar refractivity (Wildman–Crippen MR) is 59.6 cm³/mol. The van der Waals surface area contributed by atoms with E-state index >= 15 is 0 Å². The molecule has 9 heteroatoms. The van der Waals surface area contributed by atoms with Gasteiger partial charge in [-0.05, 0) is 24.1 Å². The molecule has 5 nitrogen and oxygen atoms in total. The lowest BCUT2D eigenvalue weighted by atomic mass is 10.1. The average molecular weight is 297 g/mol. The normalized spacial score (nSPS) is 12.2. The van der Waals surface area contributed by atoms with Crippen LogP contribution >= 0.6 is 0 Å². The molecule has 1 aromatic carbocycles. The molecule has 0 bridgehead atoms. The zero-order valence-corrected chi connectivity index (χ0v) is 10.3. The first kappa shape index (κ1) is 15.3. The quantitative estimate of drug-likeness (QED) is 0.656. The van der Waals surface area contributed by atoms with Crippen molar-refractivity contribution in [2.75, 3.05) is 0 Å². The van der Waals surface area contributed by atoms with E-state index in [2.05, 4.69) is 4.18 Å². The minimum atomic E-state index is -5.66. The van der Waals surface area contributed by atoms with Gasteiger partial charge in [-0.1, -0.05) is 12.1 Å². The number of benzene rings is 1. The van der Waals surface area contributed by atoms with Gasteiger partial charge in [0, 0.05) is 6.42 Å². The van der Waals surface area contributed by atoms with Gasteiger partial charge >= 0.3 is 15.6 Å². The van der Waals surface area contributed by atoms with Gasteiger partial charge in [0.25, 0.3) is 0 Å². The summed E-state index contributed by atoms with van der Waals surface area (Å²) in [4.78, 5) is 10.5. The maximum atomic E-state index is 12.0. The highest BCUT2D eigenvalue weighted by Gasteiger charge is 2.48. The van der Waals surface area contributed by atoms with E-state index in [0.29, 0.717) is 12.0 Å². The fourth-order valence-electron chi connectivity index (χ4n) is 1.15. The van der Waals surface area contributed by atoms with E-state index in [9.17, 15) is 26.4 Å². The van der Waals surface area contributed by atoms with Crippen LogP contribution in [0.2, 0.25) is 0 Å². The standard InChI is InChI=1S/C10H10F3NO4S/c11-10(12,13)19(16,17)18-8-4-1-7(2-5-8)3-6-9(14)15/h1-2,4-5H,3,6H2,(H2,14,15). The van der Waals surface area contributed by atoms with Crippen LogP contribution in [0.3, 0.4) is 0 Å². The molecular formula is C10H10F3NO4S. The molecule has 1 amide bonds. The Hall–Kier alpha value is -1.77. The Morgan fingerprint density at radius 3 is 2.16 bits per heavy atom. The molecule has 0 radical (unpaired) electrons.